The Bertz CT molecular complexity index is 894. The van der Waals surface area contributed by atoms with Crippen LogP contribution in [0.15, 0.2) is 18.2 Å². The number of hydrogen-bond donors (Lipinski definition) is 3. The zero-order valence-electron chi connectivity index (χ0n) is 17.6. The maximum absolute atomic E-state index is 13.1. The summed E-state index contributed by atoms with van der Waals surface area (Å²) in [5.74, 6) is -1.32. The second-order valence-electron chi connectivity index (χ2n) is 8.46. The summed E-state index contributed by atoms with van der Waals surface area (Å²) in [4.78, 5) is 53.0. The quantitative estimate of drug-likeness (QED) is 0.543. The van der Waals surface area contributed by atoms with E-state index in [-0.39, 0.29) is 18.7 Å². The van der Waals surface area contributed by atoms with Crippen molar-refractivity contribution in [2.45, 2.75) is 38.1 Å². The minimum absolute atomic E-state index is 0.110. The van der Waals surface area contributed by atoms with Gasteiger partial charge in [-0.3, -0.25) is 29.4 Å². The number of benzene rings is 1. The molecule has 9 heteroatoms. The summed E-state index contributed by atoms with van der Waals surface area (Å²) in [6, 6.07) is 4.20. The number of carbonyl (C=O) groups is 4. The van der Waals surface area contributed by atoms with Gasteiger partial charge in [0.2, 0.25) is 11.8 Å². The summed E-state index contributed by atoms with van der Waals surface area (Å²) in [5, 5.41) is 5.55. The molecule has 0 saturated carbocycles. The van der Waals surface area contributed by atoms with Gasteiger partial charge in [0.25, 0.3) is 11.8 Å². The standard InChI is InChI=1S/C22H29N5O4/c23-9-13-26-11-7-14(8-12-26)6-10-24-16-3-1-2-15-19(16)22(31)27(21(15)30)17-4-5-18(28)25-20(17)29/h1-3,14,17,24H,4-13,23H2,(H,25,28,29). The maximum Gasteiger partial charge on any atom is 0.264 e. The minimum Gasteiger partial charge on any atom is -0.384 e. The Morgan fingerprint density at radius 2 is 1.84 bits per heavy atom. The molecule has 0 bridgehead atoms. The second-order valence-corrected chi connectivity index (χ2v) is 8.46. The lowest BCUT2D eigenvalue weighted by atomic mass is 9.93. The Morgan fingerprint density at radius 3 is 2.55 bits per heavy atom. The van der Waals surface area contributed by atoms with Crippen molar-refractivity contribution in [2.24, 2.45) is 11.7 Å². The predicted molar refractivity (Wildman–Crippen MR) is 114 cm³/mol. The van der Waals surface area contributed by atoms with Crippen LogP contribution in [-0.4, -0.2) is 72.2 Å². The zero-order chi connectivity index (χ0) is 22.0. The number of hydrogen-bond acceptors (Lipinski definition) is 7. The van der Waals surface area contributed by atoms with E-state index in [1.807, 2.05) is 0 Å². The van der Waals surface area contributed by atoms with E-state index >= 15 is 0 Å². The van der Waals surface area contributed by atoms with Crippen molar-refractivity contribution in [3.05, 3.63) is 29.3 Å². The molecule has 0 radical (unpaired) electrons. The molecule has 31 heavy (non-hydrogen) atoms. The number of nitrogens with two attached hydrogens (primary N) is 1. The first-order chi connectivity index (χ1) is 15.0. The topological polar surface area (TPSA) is 125 Å². The van der Waals surface area contributed by atoms with E-state index in [1.54, 1.807) is 18.2 Å². The number of rotatable bonds is 7. The van der Waals surface area contributed by atoms with Gasteiger partial charge in [0.1, 0.15) is 6.04 Å². The van der Waals surface area contributed by atoms with Crippen LogP contribution in [0.1, 0.15) is 52.8 Å². The summed E-state index contributed by atoms with van der Waals surface area (Å²) in [6.45, 7) is 4.47. The molecule has 1 unspecified atom stereocenters. The third-order valence-electron chi connectivity index (χ3n) is 6.49. The predicted octanol–water partition coefficient (Wildman–Crippen LogP) is 0.560. The van der Waals surface area contributed by atoms with Gasteiger partial charge >= 0.3 is 0 Å². The molecule has 1 atom stereocenters. The Labute approximate surface area is 181 Å². The van der Waals surface area contributed by atoms with Gasteiger partial charge < -0.3 is 16.0 Å². The summed E-state index contributed by atoms with van der Waals surface area (Å²) < 4.78 is 0. The molecule has 9 nitrogen and oxygen atoms in total. The van der Waals surface area contributed by atoms with Crippen molar-refractivity contribution in [1.29, 1.82) is 0 Å². The minimum atomic E-state index is -0.948. The average molecular weight is 428 g/mol. The van der Waals surface area contributed by atoms with Gasteiger partial charge in [0.15, 0.2) is 0 Å². The summed E-state index contributed by atoms with van der Waals surface area (Å²) in [7, 11) is 0. The fourth-order valence-electron chi connectivity index (χ4n) is 4.75. The smallest absolute Gasteiger partial charge is 0.264 e. The number of carbonyl (C=O) groups excluding carboxylic acids is 4. The van der Waals surface area contributed by atoms with E-state index in [4.69, 9.17) is 5.73 Å². The van der Waals surface area contributed by atoms with E-state index in [1.165, 1.54) is 0 Å². The van der Waals surface area contributed by atoms with Crippen molar-refractivity contribution < 1.29 is 19.2 Å². The van der Waals surface area contributed by atoms with Gasteiger partial charge in [0.05, 0.1) is 11.1 Å². The first-order valence-corrected chi connectivity index (χ1v) is 11.0. The van der Waals surface area contributed by atoms with Gasteiger partial charge in [0, 0.05) is 31.7 Å². The van der Waals surface area contributed by atoms with Crippen LogP contribution in [-0.2, 0) is 9.59 Å². The van der Waals surface area contributed by atoms with E-state index in [2.05, 4.69) is 15.5 Å². The summed E-state index contributed by atoms with van der Waals surface area (Å²) >= 11 is 0. The molecule has 0 aromatic heterocycles. The number of imide groups is 2. The van der Waals surface area contributed by atoms with Crippen LogP contribution in [0, 0.1) is 5.92 Å². The first-order valence-electron chi connectivity index (χ1n) is 11.0. The molecule has 2 saturated heterocycles. The molecule has 1 aromatic rings. The largest absolute Gasteiger partial charge is 0.384 e. The van der Waals surface area contributed by atoms with Crippen LogP contribution in [0.3, 0.4) is 0 Å². The lowest BCUT2D eigenvalue weighted by molar-refractivity contribution is -0.136. The number of fused-ring (bicyclic) bond motifs is 1. The van der Waals surface area contributed by atoms with Crippen molar-refractivity contribution in [3.8, 4) is 0 Å². The molecule has 4 rings (SSSR count). The maximum atomic E-state index is 13.1. The SMILES string of the molecule is NCCN1CCC(CCNc2cccc3c2C(=O)N(C2CCC(=O)NC2=O)C3=O)CC1. The van der Waals surface area contributed by atoms with E-state index in [0.717, 1.165) is 43.8 Å². The third-order valence-corrected chi connectivity index (χ3v) is 6.49. The average Bonchev–Trinajstić information content (AvgIpc) is 3.01. The van der Waals surface area contributed by atoms with Gasteiger partial charge in [-0.25, -0.2) is 0 Å². The molecular formula is C22H29N5O4. The first kappa shape index (κ1) is 21.5. The van der Waals surface area contributed by atoms with Gasteiger partial charge in [-0.15, -0.1) is 0 Å². The van der Waals surface area contributed by atoms with Crippen LogP contribution < -0.4 is 16.4 Å². The fourth-order valence-corrected chi connectivity index (χ4v) is 4.75. The monoisotopic (exact) mass is 427 g/mol. The highest BCUT2D eigenvalue weighted by atomic mass is 16.2. The number of likely N-dealkylation sites (tertiary alicyclic amines) is 1. The Balaban J connectivity index is 1.40. The number of amides is 4. The highest BCUT2D eigenvalue weighted by molar-refractivity contribution is 6.25. The third kappa shape index (κ3) is 4.33. The zero-order valence-corrected chi connectivity index (χ0v) is 17.6. The fraction of sp³-hybridized carbons (Fsp3) is 0.545. The van der Waals surface area contributed by atoms with Crippen LogP contribution in [0.25, 0.3) is 0 Å². The highest BCUT2D eigenvalue weighted by Crippen LogP contribution is 2.32. The van der Waals surface area contributed by atoms with Crippen LogP contribution >= 0.6 is 0 Å². The Morgan fingerprint density at radius 1 is 1.06 bits per heavy atom. The van der Waals surface area contributed by atoms with E-state index in [0.29, 0.717) is 35.8 Å². The second kappa shape index (κ2) is 9.15. The molecule has 1 aromatic carbocycles. The van der Waals surface area contributed by atoms with Crippen molar-refractivity contribution in [2.75, 3.05) is 38.0 Å². The summed E-state index contributed by atoms with van der Waals surface area (Å²) in [6.07, 6.45) is 3.52. The Hall–Kier alpha value is -2.78. The van der Waals surface area contributed by atoms with E-state index in [9.17, 15) is 19.2 Å². The van der Waals surface area contributed by atoms with Gasteiger partial charge in [-0.2, -0.15) is 0 Å². The normalized spacial score (nSPS) is 22.6. The molecule has 3 aliphatic heterocycles. The van der Waals surface area contributed by atoms with Gasteiger partial charge in [-0.05, 0) is 56.8 Å². The molecule has 4 N–H and O–H groups in total. The van der Waals surface area contributed by atoms with Crippen LogP contribution in [0.5, 0.6) is 0 Å². The lowest BCUT2D eigenvalue weighted by Crippen LogP contribution is -2.54. The van der Waals surface area contributed by atoms with Crippen LogP contribution in [0.4, 0.5) is 5.69 Å². The van der Waals surface area contributed by atoms with E-state index < -0.39 is 23.8 Å². The molecule has 2 fully saturated rings. The molecule has 0 spiro atoms. The molecule has 3 heterocycles. The molecular weight excluding hydrogens is 398 g/mol. The molecule has 0 aliphatic carbocycles. The number of nitrogens with zero attached hydrogens (tertiary/aromatic N) is 2. The van der Waals surface area contributed by atoms with Crippen molar-refractivity contribution in [3.63, 3.8) is 0 Å². The highest BCUT2D eigenvalue weighted by Gasteiger charge is 2.45. The molecule has 4 amide bonds. The number of anilines is 1. The van der Waals surface area contributed by atoms with Crippen molar-refractivity contribution in [1.82, 2.24) is 15.1 Å². The van der Waals surface area contributed by atoms with Crippen LogP contribution in [0.2, 0.25) is 0 Å². The molecule has 166 valence electrons. The number of piperidine rings is 2. The molecule has 3 aliphatic rings. The lowest BCUT2D eigenvalue weighted by Gasteiger charge is -2.31. The Kier molecular flexibility index (Phi) is 6.33. The summed E-state index contributed by atoms with van der Waals surface area (Å²) in [5.41, 5.74) is 6.86. The van der Waals surface area contributed by atoms with Crippen molar-refractivity contribution >= 4 is 29.3 Å². The number of nitrogens with one attached hydrogen (secondary N) is 2. The van der Waals surface area contributed by atoms with Gasteiger partial charge in [-0.1, -0.05) is 6.07 Å².